The number of carbonyl (C=O) groups is 2. The maximum atomic E-state index is 12.9. The molecule has 0 radical (unpaired) electrons. The molecular weight excluding hydrogens is 398 g/mol. The van der Waals surface area contributed by atoms with Gasteiger partial charge in [-0.2, -0.15) is 0 Å². The van der Waals surface area contributed by atoms with Crippen LogP contribution in [0, 0.1) is 18.8 Å². The fourth-order valence-corrected chi connectivity index (χ4v) is 4.66. The molecule has 164 valence electrons. The molecule has 0 aromatic heterocycles. The van der Waals surface area contributed by atoms with Gasteiger partial charge in [-0.05, 0) is 67.5 Å². The average Bonchev–Trinajstić information content (AvgIpc) is 3.16. The summed E-state index contributed by atoms with van der Waals surface area (Å²) in [6.07, 6.45) is 0.0658. The van der Waals surface area contributed by atoms with Crippen LogP contribution < -0.4 is 4.74 Å². The molecule has 31 heavy (non-hydrogen) atoms. The van der Waals surface area contributed by atoms with Gasteiger partial charge in [-0.25, -0.2) is 4.79 Å². The molecule has 7 heteroatoms. The summed E-state index contributed by atoms with van der Waals surface area (Å²) in [4.78, 5) is 26.4. The molecular formula is C24H27NO6. The number of esters is 1. The number of aryl methyl sites for hydroxylation is 1. The molecule has 2 aliphatic rings. The maximum Gasteiger partial charge on any atom is 0.337 e. The molecule has 4 atom stereocenters. The van der Waals surface area contributed by atoms with Gasteiger partial charge in [-0.3, -0.25) is 4.79 Å². The van der Waals surface area contributed by atoms with Gasteiger partial charge in [0, 0.05) is 13.1 Å². The minimum Gasteiger partial charge on any atom is -0.507 e. The lowest BCUT2D eigenvalue weighted by Crippen LogP contribution is -2.42. The predicted octanol–water partition coefficient (Wildman–Crippen LogP) is 2.78. The Balaban J connectivity index is 1.43. The van der Waals surface area contributed by atoms with Crippen LogP contribution in [0.5, 0.6) is 11.5 Å². The van der Waals surface area contributed by atoms with Crippen molar-refractivity contribution in [3.8, 4) is 11.5 Å². The number of fused-ring (bicyclic) bond motifs is 1. The zero-order chi connectivity index (χ0) is 22.1. The third kappa shape index (κ3) is 4.37. The number of amides is 1. The van der Waals surface area contributed by atoms with Gasteiger partial charge in [-0.15, -0.1) is 0 Å². The summed E-state index contributed by atoms with van der Waals surface area (Å²) >= 11 is 0. The minimum atomic E-state index is -0.661. The second-order valence-electron chi connectivity index (χ2n) is 8.47. The molecule has 2 N–H and O–H groups in total. The number of aromatic hydroxyl groups is 1. The SMILES string of the molecule is COC(=O)c1cccc(O[C@@H]2C[C@@H]3CN(C(=O)c4ccc(C)cc4O)C[C@@H]3C[C@H]2O)c1. The summed E-state index contributed by atoms with van der Waals surface area (Å²) in [5.74, 6) is 0.248. The summed E-state index contributed by atoms with van der Waals surface area (Å²) in [5.41, 5.74) is 1.58. The number of aliphatic hydroxyl groups excluding tert-OH is 1. The monoisotopic (exact) mass is 425 g/mol. The summed E-state index contributed by atoms with van der Waals surface area (Å²) in [5, 5.41) is 20.8. The van der Waals surface area contributed by atoms with Crippen LogP contribution in [0.15, 0.2) is 42.5 Å². The summed E-state index contributed by atoms with van der Waals surface area (Å²) in [6.45, 7) is 2.98. The van der Waals surface area contributed by atoms with E-state index < -0.39 is 18.2 Å². The first kappa shape index (κ1) is 21.2. The van der Waals surface area contributed by atoms with E-state index in [1.165, 1.54) is 7.11 Å². The first-order valence-electron chi connectivity index (χ1n) is 10.5. The van der Waals surface area contributed by atoms with E-state index in [1.54, 1.807) is 41.3 Å². The van der Waals surface area contributed by atoms with Crippen LogP contribution >= 0.6 is 0 Å². The quantitative estimate of drug-likeness (QED) is 0.732. The number of carbonyl (C=O) groups excluding carboxylic acids is 2. The van der Waals surface area contributed by atoms with Crippen molar-refractivity contribution in [2.24, 2.45) is 11.8 Å². The lowest BCUT2D eigenvalue weighted by Gasteiger charge is -2.35. The number of ether oxygens (including phenoxy) is 2. The molecule has 0 bridgehead atoms. The molecule has 7 nitrogen and oxygen atoms in total. The summed E-state index contributed by atoms with van der Waals surface area (Å²) < 4.78 is 10.8. The Hall–Kier alpha value is -3.06. The Bertz CT molecular complexity index is 990. The lowest BCUT2D eigenvalue weighted by molar-refractivity contribution is -0.0231. The average molecular weight is 425 g/mol. The van der Waals surface area contributed by atoms with E-state index in [0.717, 1.165) is 5.56 Å². The fraction of sp³-hybridized carbons (Fsp3) is 0.417. The highest BCUT2D eigenvalue weighted by Crippen LogP contribution is 2.39. The van der Waals surface area contributed by atoms with Crippen molar-refractivity contribution >= 4 is 11.9 Å². The first-order valence-corrected chi connectivity index (χ1v) is 10.5. The number of benzene rings is 2. The third-order valence-corrected chi connectivity index (χ3v) is 6.30. The zero-order valence-electron chi connectivity index (χ0n) is 17.7. The number of methoxy groups -OCH3 is 1. The number of aliphatic hydroxyl groups is 1. The van der Waals surface area contributed by atoms with E-state index in [4.69, 9.17) is 9.47 Å². The summed E-state index contributed by atoms with van der Waals surface area (Å²) in [7, 11) is 1.32. The van der Waals surface area contributed by atoms with Crippen molar-refractivity contribution in [1.29, 1.82) is 0 Å². The zero-order valence-corrected chi connectivity index (χ0v) is 17.7. The smallest absolute Gasteiger partial charge is 0.337 e. The van der Waals surface area contributed by atoms with Crippen molar-refractivity contribution in [2.45, 2.75) is 32.0 Å². The van der Waals surface area contributed by atoms with Crippen molar-refractivity contribution in [3.63, 3.8) is 0 Å². The number of likely N-dealkylation sites (tertiary alicyclic amines) is 1. The van der Waals surface area contributed by atoms with Crippen LogP contribution in [0.2, 0.25) is 0 Å². The van der Waals surface area contributed by atoms with Gasteiger partial charge in [0.1, 0.15) is 17.6 Å². The minimum absolute atomic E-state index is 0.00777. The number of hydrogen-bond acceptors (Lipinski definition) is 6. The van der Waals surface area contributed by atoms with Crippen LogP contribution in [0.4, 0.5) is 0 Å². The van der Waals surface area contributed by atoms with E-state index in [1.807, 2.05) is 13.0 Å². The fourth-order valence-electron chi connectivity index (χ4n) is 4.66. The highest BCUT2D eigenvalue weighted by atomic mass is 16.5. The number of phenols is 1. The third-order valence-electron chi connectivity index (χ3n) is 6.30. The maximum absolute atomic E-state index is 12.9. The highest BCUT2D eigenvalue weighted by Gasteiger charge is 2.44. The molecule has 1 aliphatic carbocycles. The topological polar surface area (TPSA) is 96.3 Å². The molecule has 1 saturated carbocycles. The van der Waals surface area contributed by atoms with Crippen molar-refractivity contribution in [3.05, 3.63) is 59.2 Å². The van der Waals surface area contributed by atoms with E-state index >= 15 is 0 Å². The standard InChI is InChI=1S/C24H27NO6/c1-14-6-7-19(20(26)8-14)23(28)25-12-16-10-21(27)22(11-17(16)13-25)31-18-5-3-4-15(9-18)24(29)30-2/h3-9,16-17,21-22,26-27H,10-13H2,1-2H3/t16-,17+,21+,22+/m0/s1. The van der Waals surface area contributed by atoms with Crippen LogP contribution in [0.3, 0.4) is 0 Å². The molecule has 1 aliphatic heterocycles. The Morgan fingerprint density at radius 2 is 1.81 bits per heavy atom. The molecule has 2 aromatic rings. The molecule has 1 saturated heterocycles. The Labute approximate surface area is 181 Å². The number of hydrogen-bond donors (Lipinski definition) is 2. The highest BCUT2D eigenvalue weighted by molar-refractivity contribution is 5.97. The van der Waals surface area contributed by atoms with Crippen molar-refractivity contribution in [1.82, 2.24) is 4.90 Å². The van der Waals surface area contributed by atoms with E-state index in [-0.39, 0.29) is 23.5 Å². The second kappa shape index (κ2) is 8.59. The number of rotatable bonds is 4. The van der Waals surface area contributed by atoms with Crippen molar-refractivity contribution in [2.75, 3.05) is 20.2 Å². The van der Waals surface area contributed by atoms with E-state index in [2.05, 4.69) is 0 Å². The normalized spacial score (nSPS) is 25.1. The molecule has 1 amide bonds. The molecule has 1 heterocycles. The van der Waals surface area contributed by atoms with Crippen molar-refractivity contribution < 1.29 is 29.3 Å². The van der Waals surface area contributed by atoms with Crippen LogP contribution in [-0.2, 0) is 4.74 Å². The van der Waals surface area contributed by atoms with Gasteiger partial charge < -0.3 is 24.6 Å². The molecule has 4 rings (SSSR count). The molecule has 0 unspecified atom stereocenters. The number of nitrogens with zero attached hydrogens (tertiary/aromatic N) is 1. The second-order valence-corrected chi connectivity index (χ2v) is 8.47. The Kier molecular flexibility index (Phi) is 5.87. The van der Waals surface area contributed by atoms with Crippen LogP contribution in [-0.4, -0.2) is 59.4 Å². The lowest BCUT2D eigenvalue weighted by atomic mass is 9.78. The van der Waals surface area contributed by atoms with Gasteiger partial charge in [0.25, 0.3) is 5.91 Å². The first-order chi connectivity index (χ1) is 14.9. The largest absolute Gasteiger partial charge is 0.507 e. The Morgan fingerprint density at radius 1 is 1.06 bits per heavy atom. The molecule has 0 spiro atoms. The van der Waals surface area contributed by atoms with Crippen LogP contribution in [0.1, 0.15) is 39.1 Å². The molecule has 2 fully saturated rings. The van der Waals surface area contributed by atoms with E-state index in [0.29, 0.717) is 42.8 Å². The van der Waals surface area contributed by atoms with E-state index in [9.17, 15) is 19.8 Å². The van der Waals surface area contributed by atoms with Gasteiger partial charge in [0.2, 0.25) is 0 Å². The molecule has 2 aromatic carbocycles. The Morgan fingerprint density at radius 3 is 2.52 bits per heavy atom. The summed E-state index contributed by atoms with van der Waals surface area (Å²) in [6, 6.07) is 11.8. The van der Waals surface area contributed by atoms with Gasteiger partial charge in [-0.1, -0.05) is 12.1 Å². The van der Waals surface area contributed by atoms with Gasteiger partial charge in [0.05, 0.1) is 24.3 Å². The van der Waals surface area contributed by atoms with Gasteiger partial charge >= 0.3 is 5.97 Å². The van der Waals surface area contributed by atoms with Crippen LogP contribution in [0.25, 0.3) is 0 Å². The number of phenolic OH excluding ortho intramolecular Hbond substituents is 1. The van der Waals surface area contributed by atoms with Gasteiger partial charge in [0.15, 0.2) is 0 Å². The predicted molar refractivity (Wildman–Crippen MR) is 113 cm³/mol.